The molecular formula is C59H102O5. The highest BCUT2D eigenvalue weighted by molar-refractivity contribution is 5.70. The molecule has 0 heterocycles. The zero-order valence-electron chi connectivity index (χ0n) is 42.3. The van der Waals surface area contributed by atoms with Crippen LogP contribution in [-0.2, 0) is 23.8 Å². The van der Waals surface area contributed by atoms with Crippen molar-refractivity contribution >= 4 is 11.9 Å². The average Bonchev–Trinajstić information content (AvgIpc) is 3.30. The van der Waals surface area contributed by atoms with Gasteiger partial charge < -0.3 is 14.2 Å². The minimum atomic E-state index is -0.566. The standard InChI is InChI=1S/C59H102O5/c1-4-7-10-13-16-19-22-25-28-30-32-34-37-40-43-46-49-52-58(60)63-56-57(55-62-54-51-48-45-42-39-36-27-24-21-18-15-12-9-6-3)64-59(61)53-50-47-44-41-38-35-33-31-29-26-23-20-17-14-11-8-5-2/h7,10,12,15-16,19,21,24-25,28,32,34,40,43,57H,4-6,8-9,11,13-14,17-18,20,22-23,26-27,29-31,33,35-39,41-42,44-56H2,1-3H3/b10-7-,15-12-,19-16-,24-21-,28-25-,34-32-,43-40-. The van der Waals surface area contributed by atoms with E-state index in [0.29, 0.717) is 19.4 Å². The molecule has 0 aromatic heterocycles. The van der Waals surface area contributed by atoms with Crippen LogP contribution in [0, 0.1) is 0 Å². The summed E-state index contributed by atoms with van der Waals surface area (Å²) in [5.41, 5.74) is 0. The summed E-state index contributed by atoms with van der Waals surface area (Å²) in [7, 11) is 0. The topological polar surface area (TPSA) is 61.8 Å². The number of carbonyl (C=O) groups is 2. The summed E-state index contributed by atoms with van der Waals surface area (Å²) in [5, 5.41) is 0. The van der Waals surface area contributed by atoms with Gasteiger partial charge in [-0.05, 0) is 83.5 Å². The highest BCUT2D eigenvalue weighted by atomic mass is 16.6. The van der Waals surface area contributed by atoms with Gasteiger partial charge in [-0.3, -0.25) is 9.59 Å². The number of unbranched alkanes of at least 4 members (excludes halogenated alkanes) is 24. The third-order valence-corrected chi connectivity index (χ3v) is 11.4. The molecule has 1 atom stereocenters. The second kappa shape index (κ2) is 54.4. The van der Waals surface area contributed by atoms with Crippen molar-refractivity contribution in [2.75, 3.05) is 19.8 Å². The van der Waals surface area contributed by atoms with Crippen LogP contribution in [0.4, 0.5) is 0 Å². The quantitative estimate of drug-likeness (QED) is 0.0346. The van der Waals surface area contributed by atoms with Gasteiger partial charge in [-0.15, -0.1) is 0 Å². The minimum absolute atomic E-state index is 0.0504. The first-order chi connectivity index (χ1) is 31.6. The van der Waals surface area contributed by atoms with Crippen LogP contribution in [0.15, 0.2) is 85.1 Å². The molecule has 0 aliphatic heterocycles. The molecule has 0 fully saturated rings. The van der Waals surface area contributed by atoms with E-state index in [-0.39, 0.29) is 25.2 Å². The van der Waals surface area contributed by atoms with Gasteiger partial charge in [0.05, 0.1) is 6.61 Å². The van der Waals surface area contributed by atoms with Crippen LogP contribution in [0.1, 0.15) is 252 Å². The predicted molar refractivity (Wildman–Crippen MR) is 279 cm³/mol. The third kappa shape index (κ3) is 51.7. The predicted octanol–water partition coefficient (Wildman–Crippen LogP) is 18.5. The van der Waals surface area contributed by atoms with Crippen molar-refractivity contribution in [2.45, 2.75) is 258 Å². The number of hydrogen-bond donors (Lipinski definition) is 0. The van der Waals surface area contributed by atoms with E-state index >= 15 is 0 Å². The minimum Gasteiger partial charge on any atom is -0.462 e. The summed E-state index contributed by atoms with van der Waals surface area (Å²) in [6.45, 7) is 7.59. The van der Waals surface area contributed by atoms with E-state index < -0.39 is 6.10 Å². The van der Waals surface area contributed by atoms with Crippen LogP contribution >= 0.6 is 0 Å². The van der Waals surface area contributed by atoms with Gasteiger partial charge in [0.2, 0.25) is 0 Å². The second-order valence-electron chi connectivity index (χ2n) is 17.8. The summed E-state index contributed by atoms with van der Waals surface area (Å²) < 4.78 is 17.4. The number of rotatable bonds is 49. The Labute approximate surface area is 397 Å². The normalized spacial score (nSPS) is 12.9. The van der Waals surface area contributed by atoms with Crippen molar-refractivity contribution in [2.24, 2.45) is 0 Å². The SMILES string of the molecule is CC/C=C\C/C=C\C/C=C\C/C=C\C/C=C\CCCC(=O)OCC(COCCCCCCCC/C=C\C/C=C\CCC)OC(=O)CCCCCCCCCCCCCCCCCCC. The fraction of sp³-hybridized carbons (Fsp3) is 0.729. The molecule has 0 radical (unpaired) electrons. The number of esters is 2. The Morgan fingerprint density at radius 3 is 1.23 bits per heavy atom. The first-order valence-electron chi connectivity index (χ1n) is 27.1. The van der Waals surface area contributed by atoms with E-state index in [0.717, 1.165) is 77.0 Å². The highest BCUT2D eigenvalue weighted by Gasteiger charge is 2.17. The van der Waals surface area contributed by atoms with Gasteiger partial charge in [0.25, 0.3) is 0 Å². The van der Waals surface area contributed by atoms with Crippen LogP contribution in [0.25, 0.3) is 0 Å². The summed E-state index contributed by atoms with van der Waals surface area (Å²) in [5.74, 6) is -0.465. The van der Waals surface area contributed by atoms with Crippen LogP contribution in [0.5, 0.6) is 0 Å². The molecule has 5 heteroatoms. The average molecular weight is 891 g/mol. The van der Waals surface area contributed by atoms with Gasteiger partial charge >= 0.3 is 11.9 Å². The van der Waals surface area contributed by atoms with E-state index in [9.17, 15) is 9.59 Å². The van der Waals surface area contributed by atoms with Gasteiger partial charge in [-0.25, -0.2) is 0 Å². The van der Waals surface area contributed by atoms with Gasteiger partial charge in [-0.2, -0.15) is 0 Å². The van der Waals surface area contributed by atoms with Crippen molar-refractivity contribution < 1.29 is 23.8 Å². The van der Waals surface area contributed by atoms with Gasteiger partial charge in [-0.1, -0.05) is 241 Å². The van der Waals surface area contributed by atoms with E-state index in [4.69, 9.17) is 14.2 Å². The lowest BCUT2D eigenvalue weighted by Gasteiger charge is -2.18. The van der Waals surface area contributed by atoms with Gasteiger partial charge in [0, 0.05) is 19.4 Å². The highest BCUT2D eigenvalue weighted by Crippen LogP contribution is 2.15. The summed E-state index contributed by atoms with van der Waals surface area (Å²) >= 11 is 0. The molecule has 0 aromatic rings. The van der Waals surface area contributed by atoms with Crippen LogP contribution in [0.3, 0.4) is 0 Å². The Kier molecular flexibility index (Phi) is 51.9. The Hall–Kier alpha value is -2.92. The molecule has 0 saturated heterocycles. The van der Waals surface area contributed by atoms with Crippen LogP contribution < -0.4 is 0 Å². The summed E-state index contributed by atoms with van der Waals surface area (Å²) in [6, 6.07) is 0. The van der Waals surface area contributed by atoms with Gasteiger partial charge in [0.15, 0.2) is 6.10 Å². The van der Waals surface area contributed by atoms with Crippen molar-refractivity contribution in [3.05, 3.63) is 85.1 Å². The molecule has 368 valence electrons. The van der Waals surface area contributed by atoms with E-state index in [2.05, 4.69) is 106 Å². The Bertz CT molecular complexity index is 1190. The Balaban J connectivity index is 4.36. The Morgan fingerprint density at radius 1 is 0.359 bits per heavy atom. The third-order valence-electron chi connectivity index (χ3n) is 11.4. The molecular weight excluding hydrogens is 789 g/mol. The molecule has 5 nitrogen and oxygen atoms in total. The molecule has 64 heavy (non-hydrogen) atoms. The van der Waals surface area contributed by atoms with Crippen molar-refractivity contribution in [3.8, 4) is 0 Å². The number of allylic oxidation sites excluding steroid dienone is 14. The van der Waals surface area contributed by atoms with Crippen molar-refractivity contribution in [3.63, 3.8) is 0 Å². The molecule has 0 aliphatic carbocycles. The molecule has 0 amide bonds. The molecule has 0 rings (SSSR count). The lowest BCUT2D eigenvalue weighted by atomic mass is 10.0. The second-order valence-corrected chi connectivity index (χ2v) is 17.8. The van der Waals surface area contributed by atoms with E-state index in [1.54, 1.807) is 0 Å². The summed E-state index contributed by atoms with van der Waals surface area (Å²) in [6.07, 6.45) is 71.7. The zero-order chi connectivity index (χ0) is 46.3. The zero-order valence-corrected chi connectivity index (χ0v) is 42.3. The van der Waals surface area contributed by atoms with Gasteiger partial charge in [0.1, 0.15) is 6.61 Å². The molecule has 0 N–H and O–H groups in total. The number of ether oxygens (including phenoxy) is 3. The molecule has 0 aromatic carbocycles. The van der Waals surface area contributed by atoms with Crippen molar-refractivity contribution in [1.29, 1.82) is 0 Å². The number of carbonyl (C=O) groups excluding carboxylic acids is 2. The van der Waals surface area contributed by atoms with Crippen LogP contribution in [-0.4, -0.2) is 37.9 Å². The molecule has 1 unspecified atom stereocenters. The lowest BCUT2D eigenvalue weighted by molar-refractivity contribution is -0.163. The fourth-order valence-corrected chi connectivity index (χ4v) is 7.41. The first kappa shape index (κ1) is 61.1. The molecule has 0 saturated carbocycles. The maximum absolute atomic E-state index is 12.8. The fourth-order valence-electron chi connectivity index (χ4n) is 7.41. The molecule has 0 spiro atoms. The number of hydrogen-bond acceptors (Lipinski definition) is 5. The van der Waals surface area contributed by atoms with Crippen molar-refractivity contribution in [1.82, 2.24) is 0 Å². The monoisotopic (exact) mass is 891 g/mol. The first-order valence-corrected chi connectivity index (χ1v) is 27.1. The molecule has 0 bridgehead atoms. The smallest absolute Gasteiger partial charge is 0.306 e. The Morgan fingerprint density at radius 2 is 0.750 bits per heavy atom. The van der Waals surface area contributed by atoms with E-state index in [1.807, 2.05) is 0 Å². The maximum atomic E-state index is 12.8. The van der Waals surface area contributed by atoms with Crippen LogP contribution in [0.2, 0.25) is 0 Å². The lowest BCUT2D eigenvalue weighted by Crippen LogP contribution is -2.30. The van der Waals surface area contributed by atoms with E-state index in [1.165, 1.54) is 141 Å². The summed E-state index contributed by atoms with van der Waals surface area (Å²) in [4.78, 5) is 25.4. The maximum Gasteiger partial charge on any atom is 0.306 e. The molecule has 0 aliphatic rings. The largest absolute Gasteiger partial charge is 0.462 e.